The molecule has 4 heteroatoms. The standard InChI is InChI=1S/C8H11NO3/c1-4(10)9-6-2-5(6)3-7(9)8(11)12/h5-7H,2-3H2,1H3,(H,11,12)/t5-,6-,7-/m1/s1. The van der Waals surface area contributed by atoms with Gasteiger partial charge in [0.05, 0.1) is 0 Å². The van der Waals surface area contributed by atoms with E-state index in [9.17, 15) is 9.59 Å². The van der Waals surface area contributed by atoms with Gasteiger partial charge in [0.1, 0.15) is 6.04 Å². The van der Waals surface area contributed by atoms with Gasteiger partial charge in [0.15, 0.2) is 0 Å². The molecule has 1 aliphatic carbocycles. The van der Waals surface area contributed by atoms with E-state index in [1.807, 2.05) is 0 Å². The van der Waals surface area contributed by atoms with E-state index in [-0.39, 0.29) is 11.9 Å². The van der Waals surface area contributed by atoms with E-state index < -0.39 is 12.0 Å². The molecule has 2 rings (SSSR count). The zero-order valence-corrected chi connectivity index (χ0v) is 6.86. The van der Waals surface area contributed by atoms with E-state index >= 15 is 0 Å². The zero-order valence-electron chi connectivity index (χ0n) is 6.86. The number of carboxylic acid groups (broad SMARTS) is 1. The van der Waals surface area contributed by atoms with Crippen molar-refractivity contribution in [3.05, 3.63) is 0 Å². The minimum Gasteiger partial charge on any atom is -0.480 e. The Bertz CT molecular complexity index is 251. The summed E-state index contributed by atoms with van der Waals surface area (Å²) in [5.41, 5.74) is 0. The van der Waals surface area contributed by atoms with E-state index in [1.54, 1.807) is 0 Å². The number of carbonyl (C=O) groups is 2. The summed E-state index contributed by atoms with van der Waals surface area (Å²) in [7, 11) is 0. The number of rotatable bonds is 1. The molecule has 0 radical (unpaired) electrons. The number of amides is 1. The van der Waals surface area contributed by atoms with Crippen LogP contribution in [0.3, 0.4) is 0 Å². The molecular formula is C8H11NO3. The van der Waals surface area contributed by atoms with Crippen LogP contribution in [0.5, 0.6) is 0 Å². The van der Waals surface area contributed by atoms with Crippen molar-refractivity contribution >= 4 is 11.9 Å². The van der Waals surface area contributed by atoms with E-state index in [0.717, 1.165) is 6.42 Å². The van der Waals surface area contributed by atoms with E-state index in [0.29, 0.717) is 12.3 Å². The van der Waals surface area contributed by atoms with Gasteiger partial charge in [0.2, 0.25) is 5.91 Å². The van der Waals surface area contributed by atoms with Gasteiger partial charge in [-0.25, -0.2) is 4.79 Å². The maximum atomic E-state index is 11.1. The van der Waals surface area contributed by atoms with Crippen LogP contribution in [0.25, 0.3) is 0 Å². The lowest BCUT2D eigenvalue weighted by Gasteiger charge is -2.22. The van der Waals surface area contributed by atoms with Gasteiger partial charge in [-0.3, -0.25) is 4.79 Å². The molecule has 0 aromatic rings. The summed E-state index contributed by atoms with van der Waals surface area (Å²) in [6.45, 7) is 1.44. The Balaban J connectivity index is 2.16. The van der Waals surface area contributed by atoms with Crippen molar-refractivity contribution in [1.29, 1.82) is 0 Å². The summed E-state index contributed by atoms with van der Waals surface area (Å²) in [6.07, 6.45) is 1.66. The van der Waals surface area contributed by atoms with Gasteiger partial charge in [-0.15, -0.1) is 0 Å². The Kier molecular flexibility index (Phi) is 1.40. The van der Waals surface area contributed by atoms with Crippen LogP contribution in [0.15, 0.2) is 0 Å². The van der Waals surface area contributed by atoms with E-state index in [4.69, 9.17) is 5.11 Å². The molecule has 1 aliphatic heterocycles. The molecule has 0 bridgehead atoms. The first-order valence-corrected chi connectivity index (χ1v) is 4.13. The van der Waals surface area contributed by atoms with Crippen LogP contribution < -0.4 is 0 Å². The molecular weight excluding hydrogens is 158 g/mol. The average molecular weight is 169 g/mol. The summed E-state index contributed by atoms with van der Waals surface area (Å²) in [6, 6.07) is -0.310. The Labute approximate surface area is 70.2 Å². The van der Waals surface area contributed by atoms with Crippen molar-refractivity contribution in [2.24, 2.45) is 5.92 Å². The molecule has 1 saturated carbocycles. The number of likely N-dealkylation sites (tertiary alicyclic amines) is 1. The molecule has 0 spiro atoms. The molecule has 2 fully saturated rings. The predicted octanol–water partition coefficient (Wildman–Crippen LogP) is 0.0803. The molecule has 2 aliphatic rings. The third kappa shape index (κ3) is 0.906. The van der Waals surface area contributed by atoms with Crippen LogP contribution >= 0.6 is 0 Å². The largest absolute Gasteiger partial charge is 0.480 e. The lowest BCUT2D eigenvalue weighted by molar-refractivity contribution is -0.148. The highest BCUT2D eigenvalue weighted by Crippen LogP contribution is 2.47. The first-order valence-electron chi connectivity index (χ1n) is 4.13. The lowest BCUT2D eigenvalue weighted by Crippen LogP contribution is -2.41. The van der Waals surface area contributed by atoms with Gasteiger partial charge in [0.25, 0.3) is 0 Å². The summed E-state index contributed by atoms with van der Waals surface area (Å²) in [5.74, 6) is -0.500. The maximum Gasteiger partial charge on any atom is 0.326 e. The van der Waals surface area contributed by atoms with Crippen LogP contribution in [-0.4, -0.2) is 34.0 Å². The summed E-state index contributed by atoms with van der Waals surface area (Å²) in [4.78, 5) is 23.3. The summed E-state index contributed by atoms with van der Waals surface area (Å²) >= 11 is 0. The fourth-order valence-electron chi connectivity index (χ4n) is 2.13. The van der Waals surface area contributed by atoms with Crippen LogP contribution in [0.1, 0.15) is 19.8 Å². The van der Waals surface area contributed by atoms with Gasteiger partial charge < -0.3 is 10.0 Å². The van der Waals surface area contributed by atoms with Gasteiger partial charge in [-0.2, -0.15) is 0 Å². The van der Waals surface area contributed by atoms with Gasteiger partial charge in [0, 0.05) is 13.0 Å². The summed E-state index contributed by atoms with van der Waals surface area (Å²) in [5, 5.41) is 8.78. The molecule has 0 aromatic carbocycles. The minimum atomic E-state index is -0.864. The lowest BCUT2D eigenvalue weighted by atomic mass is 10.2. The molecule has 1 heterocycles. The normalized spacial score (nSPS) is 37.8. The predicted molar refractivity (Wildman–Crippen MR) is 40.5 cm³/mol. The third-order valence-corrected chi connectivity index (χ3v) is 2.75. The molecule has 4 nitrogen and oxygen atoms in total. The number of hydrogen-bond acceptors (Lipinski definition) is 2. The second-order valence-electron chi connectivity index (χ2n) is 3.58. The Hall–Kier alpha value is -1.06. The molecule has 1 saturated heterocycles. The van der Waals surface area contributed by atoms with Crippen LogP contribution in [0.2, 0.25) is 0 Å². The molecule has 0 aromatic heterocycles. The molecule has 3 atom stereocenters. The monoisotopic (exact) mass is 169 g/mol. The first kappa shape index (κ1) is 7.58. The number of carboxylic acids is 1. The topological polar surface area (TPSA) is 57.6 Å². The number of carbonyl (C=O) groups excluding carboxylic acids is 1. The number of nitrogens with zero attached hydrogens (tertiary/aromatic N) is 1. The molecule has 66 valence electrons. The van der Waals surface area contributed by atoms with Crippen LogP contribution in [0, 0.1) is 5.92 Å². The SMILES string of the molecule is CC(=O)N1[C@@H](C(=O)O)C[C@H]2C[C@H]21. The zero-order chi connectivity index (χ0) is 8.88. The fraction of sp³-hybridized carbons (Fsp3) is 0.750. The first-order chi connectivity index (χ1) is 5.61. The molecule has 1 amide bonds. The second kappa shape index (κ2) is 2.21. The highest BCUT2D eigenvalue weighted by molar-refractivity contribution is 5.84. The third-order valence-electron chi connectivity index (χ3n) is 2.75. The highest BCUT2D eigenvalue weighted by atomic mass is 16.4. The Morgan fingerprint density at radius 2 is 2.08 bits per heavy atom. The van der Waals surface area contributed by atoms with E-state index in [2.05, 4.69) is 0 Å². The number of aliphatic carboxylic acids is 1. The quantitative estimate of drug-likeness (QED) is 0.604. The number of piperidine rings is 1. The van der Waals surface area contributed by atoms with E-state index in [1.165, 1.54) is 11.8 Å². The number of hydrogen-bond donors (Lipinski definition) is 1. The second-order valence-corrected chi connectivity index (χ2v) is 3.58. The molecule has 1 N–H and O–H groups in total. The van der Waals surface area contributed by atoms with Crippen molar-refractivity contribution in [1.82, 2.24) is 4.90 Å². The molecule has 12 heavy (non-hydrogen) atoms. The van der Waals surface area contributed by atoms with Gasteiger partial charge in [-0.1, -0.05) is 0 Å². The average Bonchev–Trinajstić information content (AvgIpc) is 2.60. The van der Waals surface area contributed by atoms with Crippen molar-refractivity contribution in [2.45, 2.75) is 31.8 Å². The van der Waals surface area contributed by atoms with Gasteiger partial charge in [-0.05, 0) is 18.8 Å². The van der Waals surface area contributed by atoms with Crippen molar-refractivity contribution in [2.75, 3.05) is 0 Å². The fourth-order valence-corrected chi connectivity index (χ4v) is 2.13. The highest BCUT2D eigenvalue weighted by Gasteiger charge is 2.55. The molecule has 0 unspecified atom stereocenters. The van der Waals surface area contributed by atoms with Crippen LogP contribution in [-0.2, 0) is 9.59 Å². The Morgan fingerprint density at radius 1 is 1.42 bits per heavy atom. The van der Waals surface area contributed by atoms with Crippen LogP contribution in [0.4, 0.5) is 0 Å². The maximum absolute atomic E-state index is 11.1. The minimum absolute atomic E-state index is 0.104. The number of fused-ring (bicyclic) bond motifs is 1. The van der Waals surface area contributed by atoms with Crippen molar-refractivity contribution in [3.63, 3.8) is 0 Å². The van der Waals surface area contributed by atoms with Gasteiger partial charge >= 0.3 is 5.97 Å². The van der Waals surface area contributed by atoms with Crippen molar-refractivity contribution < 1.29 is 14.7 Å². The smallest absolute Gasteiger partial charge is 0.326 e. The summed E-state index contributed by atoms with van der Waals surface area (Å²) < 4.78 is 0. The van der Waals surface area contributed by atoms with Crippen molar-refractivity contribution in [3.8, 4) is 0 Å². The Morgan fingerprint density at radius 3 is 2.50 bits per heavy atom.